The maximum absolute atomic E-state index is 6.10. The number of nitrogens with zero attached hydrogens (tertiary/aromatic N) is 1. The third-order valence-electron chi connectivity index (χ3n) is 3.08. The van der Waals surface area contributed by atoms with Crippen LogP contribution in [0.25, 0.3) is 10.9 Å². The lowest BCUT2D eigenvalue weighted by Crippen LogP contribution is -2.05. The summed E-state index contributed by atoms with van der Waals surface area (Å²) in [7, 11) is 0. The molecule has 3 heteroatoms. The normalized spacial score (nSPS) is 10.9. The fourth-order valence-electron chi connectivity index (χ4n) is 2.13. The molecule has 0 aliphatic carbocycles. The minimum Gasteiger partial charge on any atom is -0.370 e. The molecule has 2 nitrogen and oxygen atoms in total. The summed E-state index contributed by atoms with van der Waals surface area (Å²) in [4.78, 5) is 4.75. The fraction of sp³-hybridized carbons (Fsp3) is 0.400. The van der Waals surface area contributed by atoms with Crippen LogP contribution in [0.3, 0.4) is 0 Å². The van der Waals surface area contributed by atoms with Gasteiger partial charge in [0.1, 0.15) is 5.82 Å². The summed E-state index contributed by atoms with van der Waals surface area (Å²) in [5, 5.41) is 5.30. The van der Waals surface area contributed by atoms with Gasteiger partial charge in [0.05, 0.1) is 5.52 Å². The molecule has 2 rings (SSSR count). The van der Waals surface area contributed by atoms with E-state index in [-0.39, 0.29) is 0 Å². The van der Waals surface area contributed by atoms with Crippen molar-refractivity contribution >= 4 is 28.3 Å². The molecule has 0 spiro atoms. The van der Waals surface area contributed by atoms with E-state index in [0.717, 1.165) is 46.7 Å². The maximum Gasteiger partial charge on any atom is 0.129 e. The first-order valence-corrected chi connectivity index (χ1v) is 6.87. The standard InChI is InChI=1S/C15H19ClN2/c1-4-6-17-15-11(5-2)8-12-9-13(16)7-10(3)14(12)18-15/h7-9H,4-6H2,1-3H3,(H,17,18). The summed E-state index contributed by atoms with van der Waals surface area (Å²) in [5.74, 6) is 1.01. The second-order valence-corrected chi connectivity index (χ2v) is 5.01. The van der Waals surface area contributed by atoms with Crippen molar-refractivity contribution in [3.63, 3.8) is 0 Å². The van der Waals surface area contributed by atoms with Gasteiger partial charge in [-0.25, -0.2) is 4.98 Å². The van der Waals surface area contributed by atoms with Crippen LogP contribution in [-0.4, -0.2) is 11.5 Å². The zero-order valence-corrected chi connectivity index (χ0v) is 11.9. The van der Waals surface area contributed by atoms with E-state index in [9.17, 15) is 0 Å². The Hall–Kier alpha value is -1.28. The van der Waals surface area contributed by atoms with Crippen molar-refractivity contribution in [2.45, 2.75) is 33.6 Å². The minimum absolute atomic E-state index is 0.776. The molecule has 1 aromatic carbocycles. The quantitative estimate of drug-likeness (QED) is 0.872. The molecule has 1 heterocycles. The fourth-order valence-corrected chi connectivity index (χ4v) is 2.41. The number of rotatable bonds is 4. The van der Waals surface area contributed by atoms with Crippen LogP contribution in [0.1, 0.15) is 31.4 Å². The van der Waals surface area contributed by atoms with Crippen molar-refractivity contribution in [3.8, 4) is 0 Å². The molecular formula is C15H19ClN2. The van der Waals surface area contributed by atoms with Gasteiger partial charge in [-0.2, -0.15) is 0 Å². The number of aryl methyl sites for hydroxylation is 2. The van der Waals surface area contributed by atoms with Gasteiger partial charge in [0, 0.05) is 17.0 Å². The molecule has 2 aromatic rings. The van der Waals surface area contributed by atoms with Crippen LogP contribution in [0.5, 0.6) is 0 Å². The van der Waals surface area contributed by atoms with E-state index >= 15 is 0 Å². The average Bonchev–Trinajstić information content (AvgIpc) is 2.35. The van der Waals surface area contributed by atoms with Gasteiger partial charge >= 0.3 is 0 Å². The van der Waals surface area contributed by atoms with E-state index in [4.69, 9.17) is 16.6 Å². The average molecular weight is 263 g/mol. The summed E-state index contributed by atoms with van der Waals surface area (Å²) < 4.78 is 0. The highest BCUT2D eigenvalue weighted by molar-refractivity contribution is 6.31. The molecule has 1 N–H and O–H groups in total. The first-order valence-electron chi connectivity index (χ1n) is 6.49. The molecule has 0 unspecified atom stereocenters. The van der Waals surface area contributed by atoms with Crippen LogP contribution in [0.2, 0.25) is 5.02 Å². The molecule has 0 saturated heterocycles. The molecule has 0 aliphatic rings. The third kappa shape index (κ3) is 2.59. The highest BCUT2D eigenvalue weighted by Crippen LogP contribution is 2.26. The number of hydrogen-bond acceptors (Lipinski definition) is 2. The lowest BCUT2D eigenvalue weighted by Gasteiger charge is -2.12. The lowest BCUT2D eigenvalue weighted by atomic mass is 10.1. The number of pyridine rings is 1. The van der Waals surface area contributed by atoms with Gasteiger partial charge in [-0.1, -0.05) is 25.4 Å². The second-order valence-electron chi connectivity index (χ2n) is 4.57. The van der Waals surface area contributed by atoms with Crippen LogP contribution >= 0.6 is 11.6 Å². The van der Waals surface area contributed by atoms with Crippen molar-refractivity contribution in [2.24, 2.45) is 0 Å². The Kier molecular flexibility index (Phi) is 4.07. The largest absolute Gasteiger partial charge is 0.370 e. The van der Waals surface area contributed by atoms with Gasteiger partial charge < -0.3 is 5.32 Å². The Morgan fingerprint density at radius 1 is 1.22 bits per heavy atom. The van der Waals surface area contributed by atoms with E-state index in [1.165, 1.54) is 5.56 Å². The highest BCUT2D eigenvalue weighted by Gasteiger charge is 2.07. The maximum atomic E-state index is 6.10. The smallest absolute Gasteiger partial charge is 0.129 e. The third-order valence-corrected chi connectivity index (χ3v) is 3.29. The van der Waals surface area contributed by atoms with Crippen LogP contribution in [0, 0.1) is 6.92 Å². The van der Waals surface area contributed by atoms with Crippen LogP contribution in [0.4, 0.5) is 5.82 Å². The number of benzene rings is 1. The van der Waals surface area contributed by atoms with Gasteiger partial charge in [0.2, 0.25) is 0 Å². The van der Waals surface area contributed by atoms with Crippen molar-refractivity contribution in [1.29, 1.82) is 0 Å². The summed E-state index contributed by atoms with van der Waals surface area (Å²) in [6.45, 7) is 7.32. The van der Waals surface area contributed by atoms with E-state index in [0.29, 0.717) is 0 Å². The zero-order chi connectivity index (χ0) is 13.1. The molecule has 0 atom stereocenters. The molecule has 0 aliphatic heterocycles. The van der Waals surface area contributed by atoms with Gasteiger partial charge in [-0.3, -0.25) is 0 Å². The number of halogens is 1. The molecule has 18 heavy (non-hydrogen) atoms. The van der Waals surface area contributed by atoms with Crippen molar-refractivity contribution in [2.75, 3.05) is 11.9 Å². The van der Waals surface area contributed by atoms with E-state index < -0.39 is 0 Å². The summed E-state index contributed by atoms with van der Waals surface area (Å²) in [5.41, 5.74) is 3.41. The Morgan fingerprint density at radius 2 is 2.00 bits per heavy atom. The molecular weight excluding hydrogens is 244 g/mol. The Morgan fingerprint density at radius 3 is 2.67 bits per heavy atom. The SMILES string of the molecule is CCCNc1nc2c(C)cc(Cl)cc2cc1CC. The highest BCUT2D eigenvalue weighted by atomic mass is 35.5. The summed E-state index contributed by atoms with van der Waals surface area (Å²) >= 11 is 6.10. The molecule has 0 amide bonds. The van der Waals surface area contributed by atoms with Gasteiger partial charge in [0.15, 0.2) is 0 Å². The molecule has 1 aromatic heterocycles. The van der Waals surface area contributed by atoms with Crippen LogP contribution < -0.4 is 5.32 Å². The Labute approximate surface area is 113 Å². The monoisotopic (exact) mass is 262 g/mol. The molecule has 0 bridgehead atoms. The molecule has 0 fully saturated rings. The van der Waals surface area contributed by atoms with Gasteiger partial charge in [-0.15, -0.1) is 0 Å². The predicted octanol–water partition coefficient (Wildman–Crippen LogP) is 4.58. The van der Waals surface area contributed by atoms with Crippen LogP contribution in [-0.2, 0) is 6.42 Å². The van der Waals surface area contributed by atoms with E-state index in [2.05, 4.69) is 32.2 Å². The Bertz CT molecular complexity index is 564. The first kappa shape index (κ1) is 13.2. The first-order chi connectivity index (χ1) is 8.65. The van der Waals surface area contributed by atoms with E-state index in [1.54, 1.807) is 0 Å². The second kappa shape index (κ2) is 5.57. The number of aromatic nitrogens is 1. The predicted molar refractivity (Wildman–Crippen MR) is 79.6 cm³/mol. The number of anilines is 1. The van der Waals surface area contributed by atoms with Crippen molar-refractivity contribution in [1.82, 2.24) is 4.98 Å². The molecule has 96 valence electrons. The summed E-state index contributed by atoms with van der Waals surface area (Å²) in [6.07, 6.45) is 2.07. The number of fused-ring (bicyclic) bond motifs is 1. The topological polar surface area (TPSA) is 24.9 Å². The number of hydrogen-bond donors (Lipinski definition) is 1. The molecule has 0 radical (unpaired) electrons. The zero-order valence-electron chi connectivity index (χ0n) is 11.2. The number of nitrogens with one attached hydrogen (secondary N) is 1. The van der Waals surface area contributed by atoms with Crippen molar-refractivity contribution in [3.05, 3.63) is 34.3 Å². The van der Waals surface area contributed by atoms with Gasteiger partial charge in [0.25, 0.3) is 0 Å². The Balaban J connectivity index is 2.57. The van der Waals surface area contributed by atoms with Crippen molar-refractivity contribution < 1.29 is 0 Å². The van der Waals surface area contributed by atoms with Gasteiger partial charge in [-0.05, 0) is 49.1 Å². The molecule has 0 saturated carbocycles. The minimum atomic E-state index is 0.776. The summed E-state index contributed by atoms with van der Waals surface area (Å²) in [6, 6.07) is 6.14. The lowest BCUT2D eigenvalue weighted by molar-refractivity contribution is 0.961. The van der Waals surface area contributed by atoms with E-state index in [1.807, 2.05) is 12.1 Å². The van der Waals surface area contributed by atoms with Crippen LogP contribution in [0.15, 0.2) is 18.2 Å².